The van der Waals surface area contributed by atoms with Gasteiger partial charge in [-0.1, -0.05) is 0 Å². The summed E-state index contributed by atoms with van der Waals surface area (Å²) >= 11 is 0. The van der Waals surface area contributed by atoms with E-state index in [0.29, 0.717) is 36.2 Å². The van der Waals surface area contributed by atoms with Gasteiger partial charge in [-0.25, -0.2) is 4.39 Å². The van der Waals surface area contributed by atoms with Crippen molar-refractivity contribution in [2.75, 3.05) is 36.9 Å². The van der Waals surface area contributed by atoms with Crippen molar-refractivity contribution in [1.82, 2.24) is 10.2 Å². The number of amides is 1. The van der Waals surface area contributed by atoms with Crippen LogP contribution in [0.25, 0.3) is 0 Å². The van der Waals surface area contributed by atoms with E-state index in [-0.39, 0.29) is 23.5 Å². The zero-order valence-electron chi connectivity index (χ0n) is 13.1. The number of ether oxygens (including phenoxy) is 1. The van der Waals surface area contributed by atoms with Crippen LogP contribution in [0, 0.1) is 5.82 Å². The van der Waals surface area contributed by atoms with Gasteiger partial charge in [0.05, 0.1) is 12.3 Å². The lowest BCUT2D eigenvalue weighted by molar-refractivity contribution is -0.116. The fourth-order valence-corrected chi connectivity index (χ4v) is 3.51. The van der Waals surface area contributed by atoms with Gasteiger partial charge in [0.2, 0.25) is 5.91 Å². The summed E-state index contributed by atoms with van der Waals surface area (Å²) < 4.78 is 20.9. The zero-order chi connectivity index (χ0) is 16.0. The van der Waals surface area contributed by atoms with Crippen molar-refractivity contribution in [3.63, 3.8) is 0 Å². The molecule has 0 saturated carbocycles. The summed E-state index contributed by atoms with van der Waals surface area (Å²) in [5, 5.41) is 9.08. The predicted molar refractivity (Wildman–Crippen MR) is 85.3 cm³/mol. The van der Waals surface area contributed by atoms with Crippen molar-refractivity contribution < 1.29 is 13.9 Å². The minimum Gasteiger partial charge on any atom is -0.493 e. The molecule has 2 atom stereocenters. The number of nitrogens with zero attached hydrogens (tertiary/aromatic N) is 1. The first-order valence-corrected chi connectivity index (χ1v) is 8.14. The van der Waals surface area contributed by atoms with Crippen LogP contribution in [-0.4, -0.2) is 49.1 Å². The minimum absolute atomic E-state index is 0.219. The lowest BCUT2D eigenvalue weighted by atomic mass is 10.0. The van der Waals surface area contributed by atoms with Crippen LogP contribution in [0.3, 0.4) is 0 Å². The van der Waals surface area contributed by atoms with Crippen molar-refractivity contribution >= 4 is 17.3 Å². The maximum absolute atomic E-state index is 15.0. The van der Waals surface area contributed by atoms with Gasteiger partial charge in [-0.05, 0) is 13.3 Å². The third-order valence-corrected chi connectivity index (χ3v) is 4.88. The quantitative estimate of drug-likeness (QED) is 0.669. The molecule has 1 aromatic carbocycles. The van der Waals surface area contributed by atoms with Gasteiger partial charge in [-0.2, -0.15) is 0 Å². The Morgan fingerprint density at radius 2 is 2.30 bits per heavy atom. The second-order valence-corrected chi connectivity index (χ2v) is 6.41. The number of carbonyl (C=O) groups excluding carboxylic acids is 1. The molecule has 1 aromatic rings. The summed E-state index contributed by atoms with van der Waals surface area (Å²) in [6.07, 6.45) is 0.922. The van der Waals surface area contributed by atoms with Gasteiger partial charge in [-0.15, -0.1) is 0 Å². The second kappa shape index (κ2) is 5.65. The first-order chi connectivity index (χ1) is 11.1. The minimum atomic E-state index is -0.385. The van der Waals surface area contributed by atoms with E-state index in [1.807, 2.05) is 6.07 Å². The highest BCUT2D eigenvalue weighted by Gasteiger charge is 2.31. The van der Waals surface area contributed by atoms with Crippen LogP contribution in [0.5, 0.6) is 5.75 Å². The number of carbonyl (C=O) groups is 1. The van der Waals surface area contributed by atoms with Gasteiger partial charge >= 0.3 is 0 Å². The van der Waals surface area contributed by atoms with E-state index < -0.39 is 0 Å². The lowest BCUT2D eigenvalue weighted by Gasteiger charge is -2.38. The van der Waals surface area contributed by atoms with Crippen LogP contribution in [0.15, 0.2) is 6.07 Å². The van der Waals surface area contributed by atoms with Crippen LogP contribution >= 0.6 is 0 Å². The third kappa shape index (κ3) is 2.53. The fraction of sp³-hybridized carbons (Fsp3) is 0.562. The molecule has 3 N–H and O–H groups in total. The maximum Gasteiger partial charge on any atom is 0.246 e. The third-order valence-electron chi connectivity index (χ3n) is 4.88. The SMILES string of the molecule is CC1Nc2cc3c(c(F)c2NC1=O)CN1CCNCC1CCO3. The van der Waals surface area contributed by atoms with E-state index in [4.69, 9.17) is 4.74 Å². The average molecular weight is 320 g/mol. The number of nitrogens with one attached hydrogen (secondary N) is 3. The van der Waals surface area contributed by atoms with Crippen molar-refractivity contribution in [2.24, 2.45) is 0 Å². The van der Waals surface area contributed by atoms with Crippen LogP contribution in [0.1, 0.15) is 18.9 Å². The molecule has 4 rings (SSSR count). The molecule has 1 fully saturated rings. The summed E-state index contributed by atoms with van der Waals surface area (Å²) in [6.45, 7) is 5.53. The molecule has 3 heterocycles. The van der Waals surface area contributed by atoms with Crippen molar-refractivity contribution in [1.29, 1.82) is 0 Å². The largest absolute Gasteiger partial charge is 0.493 e. The smallest absolute Gasteiger partial charge is 0.246 e. The molecule has 0 bridgehead atoms. The topological polar surface area (TPSA) is 65.6 Å². The predicted octanol–water partition coefficient (Wildman–Crippen LogP) is 1.13. The standard InChI is InChI=1S/C16H21FN4O2/c1-9-16(22)20-15-12(19-9)6-13-11(14(15)17)8-21-4-3-18-7-10(21)2-5-23-13/h6,9-10,18-19H,2-5,7-8H2,1H3,(H,20,22). The molecule has 1 saturated heterocycles. The Labute approximate surface area is 134 Å². The number of fused-ring (bicyclic) bond motifs is 3. The van der Waals surface area contributed by atoms with E-state index in [9.17, 15) is 4.79 Å². The monoisotopic (exact) mass is 320 g/mol. The van der Waals surface area contributed by atoms with Gasteiger partial charge in [0, 0.05) is 43.9 Å². The van der Waals surface area contributed by atoms with Crippen molar-refractivity contribution in [2.45, 2.75) is 32.0 Å². The normalized spacial score (nSPS) is 27.3. The summed E-state index contributed by atoms with van der Waals surface area (Å²) in [5.41, 5.74) is 1.36. The molecule has 2 unspecified atom stereocenters. The first-order valence-electron chi connectivity index (χ1n) is 8.14. The van der Waals surface area contributed by atoms with Gasteiger partial charge in [0.15, 0.2) is 5.82 Å². The Morgan fingerprint density at radius 3 is 3.17 bits per heavy atom. The van der Waals surface area contributed by atoms with Gasteiger partial charge in [0.1, 0.15) is 17.5 Å². The summed E-state index contributed by atoms with van der Waals surface area (Å²) in [7, 11) is 0. The maximum atomic E-state index is 15.0. The van der Waals surface area contributed by atoms with E-state index in [0.717, 1.165) is 26.1 Å². The second-order valence-electron chi connectivity index (χ2n) is 6.41. The van der Waals surface area contributed by atoms with Gasteiger partial charge in [0.25, 0.3) is 0 Å². The zero-order valence-corrected chi connectivity index (χ0v) is 13.1. The molecular formula is C16H21FN4O2. The highest BCUT2D eigenvalue weighted by molar-refractivity contribution is 6.03. The molecule has 0 aromatic heterocycles. The number of hydrogen-bond donors (Lipinski definition) is 3. The molecular weight excluding hydrogens is 299 g/mol. The summed E-state index contributed by atoms with van der Waals surface area (Å²) in [5.74, 6) is -0.0262. The van der Waals surface area contributed by atoms with Crippen LogP contribution in [0.2, 0.25) is 0 Å². The number of piperazine rings is 1. The van der Waals surface area contributed by atoms with E-state index in [2.05, 4.69) is 20.9 Å². The van der Waals surface area contributed by atoms with Crippen LogP contribution in [0.4, 0.5) is 15.8 Å². The number of anilines is 2. The Morgan fingerprint density at radius 1 is 1.43 bits per heavy atom. The number of hydrogen-bond acceptors (Lipinski definition) is 5. The highest BCUT2D eigenvalue weighted by Crippen LogP contribution is 2.39. The highest BCUT2D eigenvalue weighted by atomic mass is 19.1. The van der Waals surface area contributed by atoms with E-state index >= 15 is 4.39 Å². The fourth-order valence-electron chi connectivity index (χ4n) is 3.51. The molecule has 6 nitrogen and oxygen atoms in total. The summed E-state index contributed by atoms with van der Waals surface area (Å²) in [4.78, 5) is 14.1. The van der Waals surface area contributed by atoms with Crippen molar-refractivity contribution in [3.05, 3.63) is 17.4 Å². The molecule has 7 heteroatoms. The number of benzene rings is 1. The average Bonchev–Trinajstić information content (AvgIpc) is 2.52. The van der Waals surface area contributed by atoms with Crippen LogP contribution < -0.4 is 20.7 Å². The van der Waals surface area contributed by atoms with Gasteiger partial charge in [-0.3, -0.25) is 9.69 Å². The molecule has 124 valence electrons. The molecule has 0 aliphatic carbocycles. The molecule has 1 amide bonds. The first kappa shape index (κ1) is 14.7. The van der Waals surface area contributed by atoms with Crippen LogP contribution in [-0.2, 0) is 11.3 Å². The Kier molecular flexibility index (Phi) is 3.61. The molecule has 0 radical (unpaired) electrons. The number of halogens is 1. The van der Waals surface area contributed by atoms with E-state index in [1.54, 1.807) is 6.92 Å². The number of rotatable bonds is 0. The van der Waals surface area contributed by atoms with Gasteiger partial charge < -0.3 is 20.7 Å². The Hall–Kier alpha value is -1.86. The Bertz CT molecular complexity index is 651. The van der Waals surface area contributed by atoms with E-state index in [1.165, 1.54) is 0 Å². The molecule has 3 aliphatic heterocycles. The Balaban J connectivity index is 1.74. The summed E-state index contributed by atoms with van der Waals surface area (Å²) in [6, 6.07) is 1.79. The molecule has 0 spiro atoms. The lowest BCUT2D eigenvalue weighted by Crippen LogP contribution is -2.51. The molecule has 23 heavy (non-hydrogen) atoms. The van der Waals surface area contributed by atoms with Crippen molar-refractivity contribution in [3.8, 4) is 5.75 Å². The molecule has 3 aliphatic rings.